The van der Waals surface area contributed by atoms with Crippen LogP contribution in [0.2, 0.25) is 0 Å². The molecule has 0 bridgehead atoms. The van der Waals surface area contributed by atoms with E-state index >= 15 is 0 Å². The van der Waals surface area contributed by atoms with Crippen LogP contribution in [0.3, 0.4) is 0 Å². The van der Waals surface area contributed by atoms with Crippen molar-refractivity contribution in [3.8, 4) is 0 Å². The molecule has 2 rings (SSSR count). The van der Waals surface area contributed by atoms with Gasteiger partial charge in [-0.2, -0.15) is 0 Å². The Kier molecular flexibility index (Phi) is 3.36. The lowest BCUT2D eigenvalue weighted by Gasteiger charge is -2.09. The Hall–Kier alpha value is -1.20. The lowest BCUT2D eigenvalue weighted by molar-refractivity contribution is 0.565. The average molecular weight is 236 g/mol. The molecule has 0 aliphatic heterocycles. The van der Waals surface area contributed by atoms with Crippen molar-refractivity contribution in [1.29, 1.82) is 0 Å². The van der Waals surface area contributed by atoms with Gasteiger partial charge in [-0.15, -0.1) is 11.3 Å². The van der Waals surface area contributed by atoms with Gasteiger partial charge in [0.25, 0.3) is 0 Å². The second-order valence-electron chi connectivity index (χ2n) is 3.92. The van der Waals surface area contributed by atoms with E-state index in [-0.39, 0.29) is 6.04 Å². The molecule has 0 saturated heterocycles. The Balaban J connectivity index is 1.91. The number of H-pyrrole nitrogens is 1. The van der Waals surface area contributed by atoms with E-state index in [1.54, 1.807) is 11.3 Å². The van der Waals surface area contributed by atoms with Gasteiger partial charge in [0.05, 0.1) is 6.04 Å². The van der Waals surface area contributed by atoms with Crippen LogP contribution in [0.4, 0.5) is 0 Å². The van der Waals surface area contributed by atoms with Gasteiger partial charge in [0, 0.05) is 29.5 Å². The molecule has 5 heteroatoms. The second-order valence-corrected chi connectivity index (χ2v) is 4.81. The van der Waals surface area contributed by atoms with Gasteiger partial charge < -0.3 is 10.3 Å². The molecule has 0 spiro atoms. The van der Waals surface area contributed by atoms with E-state index in [1.165, 1.54) is 0 Å². The number of hydrogen-bond acceptors (Lipinski definition) is 4. The Bertz CT molecular complexity index is 460. The summed E-state index contributed by atoms with van der Waals surface area (Å²) in [6, 6.07) is 0.280. The van der Waals surface area contributed by atoms with E-state index in [9.17, 15) is 0 Å². The van der Waals surface area contributed by atoms with Crippen LogP contribution in [0.25, 0.3) is 0 Å². The molecule has 0 radical (unpaired) electrons. The first-order valence-electron chi connectivity index (χ1n) is 5.31. The molecule has 0 aliphatic rings. The highest BCUT2D eigenvalue weighted by molar-refractivity contribution is 7.09. The normalized spacial score (nSPS) is 12.9. The Morgan fingerprint density at radius 2 is 2.31 bits per heavy atom. The van der Waals surface area contributed by atoms with Crippen LogP contribution in [-0.4, -0.2) is 15.0 Å². The topological polar surface area (TPSA) is 53.6 Å². The Morgan fingerprint density at radius 3 is 2.88 bits per heavy atom. The first-order chi connectivity index (χ1) is 7.65. The number of imidazole rings is 1. The number of nitrogens with zero attached hydrogens (tertiary/aromatic N) is 2. The van der Waals surface area contributed by atoms with Gasteiger partial charge in [0.15, 0.2) is 0 Å². The lowest BCUT2D eigenvalue weighted by Crippen LogP contribution is -2.18. The molecule has 2 aromatic heterocycles. The molecular formula is C11H16N4S. The van der Waals surface area contributed by atoms with Crippen LogP contribution in [0.1, 0.15) is 35.2 Å². The van der Waals surface area contributed by atoms with Crippen molar-refractivity contribution in [2.45, 2.75) is 33.4 Å². The summed E-state index contributed by atoms with van der Waals surface area (Å²) in [5, 5.41) is 6.63. The molecule has 2 aromatic rings. The van der Waals surface area contributed by atoms with Crippen LogP contribution >= 0.6 is 11.3 Å². The summed E-state index contributed by atoms with van der Waals surface area (Å²) in [5.41, 5.74) is 2.20. The molecule has 0 aliphatic carbocycles. The standard InChI is InChI=1S/C11H16N4S/c1-7-6-16-11(14-7)8(2)12-4-10-5-13-9(3)15-10/h5-6,8,12H,4H2,1-3H3,(H,13,15). The Labute approximate surface area is 99.2 Å². The molecule has 86 valence electrons. The first kappa shape index (κ1) is 11.3. The highest BCUT2D eigenvalue weighted by Gasteiger charge is 2.08. The van der Waals surface area contributed by atoms with E-state index in [4.69, 9.17) is 0 Å². The van der Waals surface area contributed by atoms with Crippen molar-refractivity contribution in [2.24, 2.45) is 0 Å². The number of aromatic amines is 1. The highest BCUT2D eigenvalue weighted by Crippen LogP contribution is 2.17. The van der Waals surface area contributed by atoms with Crippen molar-refractivity contribution in [3.05, 3.63) is 33.8 Å². The van der Waals surface area contributed by atoms with Crippen molar-refractivity contribution >= 4 is 11.3 Å². The maximum atomic E-state index is 4.46. The maximum Gasteiger partial charge on any atom is 0.110 e. The molecule has 1 unspecified atom stereocenters. The van der Waals surface area contributed by atoms with Gasteiger partial charge in [0.1, 0.15) is 10.8 Å². The predicted octanol–water partition coefficient (Wildman–Crippen LogP) is 2.33. The minimum atomic E-state index is 0.280. The van der Waals surface area contributed by atoms with E-state index in [0.29, 0.717) is 0 Å². The number of nitrogens with one attached hydrogen (secondary N) is 2. The number of hydrogen-bond donors (Lipinski definition) is 2. The fourth-order valence-corrected chi connectivity index (χ4v) is 2.31. The van der Waals surface area contributed by atoms with Crippen LogP contribution in [-0.2, 0) is 6.54 Å². The zero-order chi connectivity index (χ0) is 11.5. The monoisotopic (exact) mass is 236 g/mol. The number of thiazole rings is 1. The summed E-state index contributed by atoms with van der Waals surface area (Å²) in [5.74, 6) is 0.953. The SMILES string of the molecule is Cc1csc(C(C)NCc2cnc(C)[nH]2)n1. The van der Waals surface area contributed by atoms with E-state index in [0.717, 1.165) is 28.8 Å². The third-order valence-electron chi connectivity index (χ3n) is 2.36. The zero-order valence-corrected chi connectivity index (χ0v) is 10.6. The second kappa shape index (κ2) is 4.76. The van der Waals surface area contributed by atoms with Crippen molar-refractivity contribution in [1.82, 2.24) is 20.3 Å². The molecule has 0 aromatic carbocycles. The predicted molar refractivity (Wildman–Crippen MR) is 65.4 cm³/mol. The Morgan fingerprint density at radius 1 is 1.50 bits per heavy atom. The summed E-state index contributed by atoms with van der Waals surface area (Å²) >= 11 is 1.70. The fraction of sp³-hybridized carbons (Fsp3) is 0.455. The van der Waals surface area contributed by atoms with Crippen molar-refractivity contribution in [2.75, 3.05) is 0 Å². The van der Waals surface area contributed by atoms with Crippen LogP contribution in [0, 0.1) is 13.8 Å². The van der Waals surface area contributed by atoms with Crippen molar-refractivity contribution < 1.29 is 0 Å². The minimum absolute atomic E-state index is 0.280. The van der Waals surface area contributed by atoms with Gasteiger partial charge in [-0.05, 0) is 20.8 Å². The maximum absolute atomic E-state index is 4.46. The zero-order valence-electron chi connectivity index (χ0n) is 9.74. The largest absolute Gasteiger partial charge is 0.345 e. The van der Waals surface area contributed by atoms with Gasteiger partial charge in [0.2, 0.25) is 0 Å². The van der Waals surface area contributed by atoms with Gasteiger partial charge in [-0.3, -0.25) is 0 Å². The highest BCUT2D eigenvalue weighted by atomic mass is 32.1. The number of rotatable bonds is 4. The van der Waals surface area contributed by atoms with Gasteiger partial charge in [-0.1, -0.05) is 0 Å². The third-order valence-corrected chi connectivity index (χ3v) is 3.51. The average Bonchev–Trinajstić information content (AvgIpc) is 2.84. The molecule has 0 fully saturated rings. The summed E-state index contributed by atoms with van der Waals surface area (Å²) in [7, 11) is 0. The van der Waals surface area contributed by atoms with E-state index in [2.05, 4.69) is 32.6 Å². The molecule has 2 heterocycles. The lowest BCUT2D eigenvalue weighted by atomic mass is 10.3. The molecule has 4 nitrogen and oxygen atoms in total. The summed E-state index contributed by atoms with van der Waals surface area (Å²) in [6.45, 7) is 6.89. The van der Waals surface area contributed by atoms with Gasteiger partial charge in [-0.25, -0.2) is 9.97 Å². The van der Waals surface area contributed by atoms with E-state index < -0.39 is 0 Å². The smallest absolute Gasteiger partial charge is 0.110 e. The van der Waals surface area contributed by atoms with Gasteiger partial charge >= 0.3 is 0 Å². The van der Waals surface area contributed by atoms with Crippen LogP contribution in [0.5, 0.6) is 0 Å². The summed E-state index contributed by atoms with van der Waals surface area (Å²) in [6.07, 6.45) is 1.86. The van der Waals surface area contributed by atoms with Crippen LogP contribution < -0.4 is 5.32 Å². The molecule has 16 heavy (non-hydrogen) atoms. The summed E-state index contributed by atoms with van der Waals surface area (Å²) in [4.78, 5) is 11.8. The fourth-order valence-electron chi connectivity index (χ4n) is 1.48. The van der Waals surface area contributed by atoms with E-state index in [1.807, 2.05) is 20.0 Å². The molecule has 2 N–H and O–H groups in total. The molecule has 1 atom stereocenters. The minimum Gasteiger partial charge on any atom is -0.345 e. The first-order valence-corrected chi connectivity index (χ1v) is 6.19. The third kappa shape index (κ3) is 2.68. The molecule has 0 saturated carbocycles. The quantitative estimate of drug-likeness (QED) is 0.856. The molecule has 0 amide bonds. The number of aromatic nitrogens is 3. The summed E-state index contributed by atoms with van der Waals surface area (Å²) < 4.78 is 0. The molecular weight excluding hydrogens is 220 g/mol. The van der Waals surface area contributed by atoms with Crippen molar-refractivity contribution in [3.63, 3.8) is 0 Å². The van der Waals surface area contributed by atoms with Crippen LogP contribution in [0.15, 0.2) is 11.6 Å². The number of aryl methyl sites for hydroxylation is 2.